The summed E-state index contributed by atoms with van der Waals surface area (Å²) in [4.78, 5) is 19.2. The first-order valence-corrected chi connectivity index (χ1v) is 8.28. The molecule has 1 aliphatic heterocycles. The van der Waals surface area contributed by atoms with Crippen LogP contribution in [0.15, 0.2) is 0 Å². The van der Waals surface area contributed by atoms with Crippen molar-refractivity contribution in [2.24, 2.45) is 0 Å². The molecule has 1 saturated heterocycles. The highest BCUT2D eigenvalue weighted by molar-refractivity contribution is 7.17. The Morgan fingerprint density at radius 3 is 2.47 bits per heavy atom. The predicted molar refractivity (Wildman–Crippen MR) is 81.5 cm³/mol. The number of thiazole rings is 1. The Morgan fingerprint density at radius 2 is 1.89 bits per heavy atom. The molecule has 0 spiro atoms. The highest BCUT2D eigenvalue weighted by atomic mass is 32.1. The fourth-order valence-corrected chi connectivity index (χ4v) is 3.59. The summed E-state index contributed by atoms with van der Waals surface area (Å²) in [6.07, 6.45) is 8.50. The largest absolute Gasteiger partial charge is 0.348 e. The number of carbonyl (C=O) groups is 1. The van der Waals surface area contributed by atoms with Gasteiger partial charge in [0, 0.05) is 13.1 Å². The number of carbonyl (C=O) groups excluding carboxylic acids is 1. The zero-order valence-corrected chi connectivity index (χ0v) is 12.8. The lowest BCUT2D eigenvalue weighted by Crippen LogP contribution is -2.26. The highest BCUT2D eigenvalue weighted by Gasteiger charge is 2.19. The summed E-state index contributed by atoms with van der Waals surface area (Å²) >= 11 is 1.57. The van der Waals surface area contributed by atoms with Crippen molar-refractivity contribution in [1.82, 2.24) is 4.98 Å². The normalized spacial score (nSPS) is 18.7. The number of aldehydes is 1. The molecule has 1 atom stereocenters. The van der Waals surface area contributed by atoms with Gasteiger partial charge < -0.3 is 4.90 Å². The van der Waals surface area contributed by atoms with Gasteiger partial charge in [-0.05, 0) is 25.2 Å². The molecule has 19 heavy (non-hydrogen) atoms. The van der Waals surface area contributed by atoms with Crippen LogP contribution in [0.2, 0.25) is 0 Å². The van der Waals surface area contributed by atoms with Gasteiger partial charge in [0.05, 0.1) is 10.6 Å². The number of anilines is 1. The van der Waals surface area contributed by atoms with Crippen LogP contribution in [0.4, 0.5) is 5.13 Å². The van der Waals surface area contributed by atoms with Crippen molar-refractivity contribution in [2.45, 2.75) is 58.3 Å². The first-order valence-electron chi connectivity index (χ1n) is 7.47. The minimum absolute atomic E-state index is 0.375. The van der Waals surface area contributed by atoms with Crippen LogP contribution in [-0.4, -0.2) is 24.4 Å². The van der Waals surface area contributed by atoms with Gasteiger partial charge in [-0.25, -0.2) is 4.98 Å². The minimum Gasteiger partial charge on any atom is -0.348 e. The van der Waals surface area contributed by atoms with Gasteiger partial charge in [0.15, 0.2) is 11.4 Å². The second-order valence-corrected chi connectivity index (χ2v) is 6.44. The molecular formula is C15H24N2OS. The maximum atomic E-state index is 11.2. The van der Waals surface area contributed by atoms with E-state index < -0.39 is 0 Å². The van der Waals surface area contributed by atoms with Gasteiger partial charge in [0.25, 0.3) is 0 Å². The van der Waals surface area contributed by atoms with E-state index in [4.69, 9.17) is 4.98 Å². The van der Waals surface area contributed by atoms with Crippen LogP contribution < -0.4 is 4.90 Å². The van der Waals surface area contributed by atoms with Crippen LogP contribution in [0, 0.1) is 0 Å². The summed E-state index contributed by atoms with van der Waals surface area (Å²) in [7, 11) is 0. The van der Waals surface area contributed by atoms with Crippen LogP contribution in [0.1, 0.15) is 73.7 Å². The maximum absolute atomic E-state index is 11.2. The molecule has 1 aromatic rings. The molecule has 0 aliphatic carbocycles. The van der Waals surface area contributed by atoms with E-state index in [0.29, 0.717) is 5.92 Å². The summed E-state index contributed by atoms with van der Waals surface area (Å²) in [6.45, 7) is 6.48. The van der Waals surface area contributed by atoms with Crippen LogP contribution >= 0.6 is 11.3 Å². The molecule has 1 fully saturated rings. The third kappa shape index (κ3) is 3.56. The van der Waals surface area contributed by atoms with E-state index in [2.05, 4.69) is 18.7 Å². The van der Waals surface area contributed by atoms with Crippen molar-refractivity contribution >= 4 is 22.8 Å². The van der Waals surface area contributed by atoms with Gasteiger partial charge in [-0.1, -0.05) is 44.4 Å². The fraction of sp³-hybridized carbons (Fsp3) is 0.733. The van der Waals surface area contributed by atoms with Gasteiger partial charge in [0.2, 0.25) is 0 Å². The molecule has 0 radical (unpaired) electrons. The lowest BCUT2D eigenvalue weighted by molar-refractivity contribution is 0.112. The van der Waals surface area contributed by atoms with Gasteiger partial charge in [-0.2, -0.15) is 0 Å². The van der Waals surface area contributed by atoms with E-state index in [9.17, 15) is 4.79 Å². The first-order chi connectivity index (χ1) is 9.26. The predicted octanol–water partition coefficient (Wildman–Crippen LogP) is 4.24. The SMILES string of the molecule is CCC(C)c1nc(N2CCCCCCC2)sc1C=O. The third-order valence-corrected chi connectivity index (χ3v) is 5.04. The highest BCUT2D eigenvalue weighted by Crippen LogP contribution is 2.31. The first kappa shape index (κ1) is 14.5. The van der Waals surface area contributed by atoms with E-state index in [1.54, 1.807) is 11.3 Å². The van der Waals surface area contributed by atoms with Crippen molar-refractivity contribution in [3.63, 3.8) is 0 Å². The molecular weight excluding hydrogens is 256 g/mol. The van der Waals surface area contributed by atoms with E-state index >= 15 is 0 Å². The Labute approximate surface area is 120 Å². The molecule has 0 amide bonds. The Balaban J connectivity index is 2.18. The van der Waals surface area contributed by atoms with E-state index in [0.717, 1.165) is 41.5 Å². The molecule has 3 nitrogen and oxygen atoms in total. The molecule has 2 heterocycles. The molecule has 0 saturated carbocycles. The second kappa shape index (κ2) is 7.04. The molecule has 1 aromatic heterocycles. The molecule has 106 valence electrons. The van der Waals surface area contributed by atoms with Gasteiger partial charge >= 0.3 is 0 Å². The van der Waals surface area contributed by atoms with Gasteiger partial charge in [-0.15, -0.1) is 0 Å². The zero-order chi connectivity index (χ0) is 13.7. The summed E-state index contributed by atoms with van der Waals surface area (Å²) in [6, 6.07) is 0. The molecule has 2 rings (SSSR count). The topological polar surface area (TPSA) is 33.2 Å². The molecule has 0 aromatic carbocycles. The minimum atomic E-state index is 0.375. The van der Waals surface area contributed by atoms with Crippen LogP contribution in [0.3, 0.4) is 0 Å². The van der Waals surface area contributed by atoms with Crippen molar-refractivity contribution in [1.29, 1.82) is 0 Å². The Hall–Kier alpha value is -0.900. The van der Waals surface area contributed by atoms with E-state index in [-0.39, 0.29) is 0 Å². The fourth-order valence-electron chi connectivity index (χ4n) is 2.54. The van der Waals surface area contributed by atoms with Crippen LogP contribution in [0.25, 0.3) is 0 Å². The average molecular weight is 280 g/mol. The number of hydrogen-bond donors (Lipinski definition) is 0. The Morgan fingerprint density at radius 1 is 1.26 bits per heavy atom. The number of aromatic nitrogens is 1. The number of rotatable bonds is 4. The Bertz CT molecular complexity index is 408. The maximum Gasteiger partial charge on any atom is 0.186 e. The smallest absolute Gasteiger partial charge is 0.186 e. The average Bonchev–Trinajstić information content (AvgIpc) is 2.81. The van der Waals surface area contributed by atoms with Crippen molar-refractivity contribution in [2.75, 3.05) is 18.0 Å². The molecule has 0 N–H and O–H groups in total. The summed E-state index contributed by atoms with van der Waals surface area (Å²) in [5.74, 6) is 0.375. The van der Waals surface area contributed by atoms with Gasteiger partial charge in [0.1, 0.15) is 0 Å². The second-order valence-electron chi connectivity index (χ2n) is 5.43. The lowest BCUT2D eigenvalue weighted by atomic mass is 10.0. The monoisotopic (exact) mass is 280 g/mol. The zero-order valence-electron chi connectivity index (χ0n) is 12.0. The summed E-state index contributed by atoms with van der Waals surface area (Å²) in [5, 5.41) is 1.05. The third-order valence-electron chi connectivity index (χ3n) is 3.98. The van der Waals surface area contributed by atoms with E-state index in [1.165, 1.54) is 32.1 Å². The van der Waals surface area contributed by atoms with Crippen molar-refractivity contribution in [3.8, 4) is 0 Å². The van der Waals surface area contributed by atoms with Crippen LogP contribution in [0.5, 0.6) is 0 Å². The molecule has 0 bridgehead atoms. The standard InChI is InChI=1S/C15H24N2OS/c1-3-12(2)14-13(11-18)19-15(16-14)17-9-7-5-4-6-8-10-17/h11-12H,3-10H2,1-2H3. The van der Waals surface area contributed by atoms with Crippen molar-refractivity contribution in [3.05, 3.63) is 10.6 Å². The van der Waals surface area contributed by atoms with E-state index in [1.807, 2.05) is 0 Å². The van der Waals surface area contributed by atoms with Gasteiger partial charge in [-0.3, -0.25) is 4.79 Å². The quantitative estimate of drug-likeness (QED) is 0.773. The summed E-state index contributed by atoms with van der Waals surface area (Å²) in [5.41, 5.74) is 1.000. The van der Waals surface area contributed by atoms with Crippen molar-refractivity contribution < 1.29 is 4.79 Å². The molecule has 4 heteroatoms. The van der Waals surface area contributed by atoms with Crippen LogP contribution in [-0.2, 0) is 0 Å². The molecule has 1 unspecified atom stereocenters. The lowest BCUT2D eigenvalue weighted by Gasteiger charge is -2.24. The number of hydrogen-bond acceptors (Lipinski definition) is 4. The summed E-state index contributed by atoms with van der Waals surface area (Å²) < 4.78 is 0. The Kier molecular flexibility index (Phi) is 5.37. The number of nitrogens with zero attached hydrogens (tertiary/aromatic N) is 2. The molecule has 1 aliphatic rings.